The van der Waals surface area contributed by atoms with E-state index in [0.717, 1.165) is 13.0 Å². The van der Waals surface area contributed by atoms with Crippen LogP contribution in [0.5, 0.6) is 0 Å². The molecule has 1 aliphatic rings. The number of hydrogen-bond acceptors (Lipinski definition) is 2. The topological polar surface area (TPSA) is 46.2 Å². The predicted molar refractivity (Wildman–Crippen MR) is 46.2 cm³/mol. The maximum Gasteiger partial charge on any atom is 0.0540 e. The molecule has 0 amide bonds. The molecule has 0 aliphatic heterocycles. The van der Waals surface area contributed by atoms with E-state index in [-0.39, 0.29) is 6.10 Å². The molecule has 0 heterocycles. The minimum absolute atomic E-state index is 0.135. The van der Waals surface area contributed by atoms with Gasteiger partial charge in [-0.3, -0.25) is 0 Å². The highest BCUT2D eigenvalue weighted by molar-refractivity contribution is 4.76. The van der Waals surface area contributed by atoms with Crippen LogP contribution in [0, 0.1) is 11.8 Å². The number of hydrogen-bond donors (Lipinski definition) is 2. The average Bonchev–Trinajstić information content (AvgIpc) is 2.05. The van der Waals surface area contributed by atoms with Crippen LogP contribution in [-0.4, -0.2) is 17.8 Å². The lowest BCUT2D eigenvalue weighted by atomic mass is 9.79. The summed E-state index contributed by atoms with van der Waals surface area (Å²) in [4.78, 5) is 0. The maximum atomic E-state index is 9.35. The van der Waals surface area contributed by atoms with Crippen molar-refractivity contribution in [3.8, 4) is 0 Å². The fraction of sp³-hybridized carbons (Fsp3) is 1.00. The Labute approximate surface area is 68.8 Å². The molecular formula is C9H19NO. The highest BCUT2D eigenvalue weighted by Gasteiger charge is 2.23. The van der Waals surface area contributed by atoms with Crippen LogP contribution in [0.4, 0.5) is 0 Å². The van der Waals surface area contributed by atoms with Crippen LogP contribution in [0.2, 0.25) is 0 Å². The second-order valence-electron chi connectivity index (χ2n) is 3.77. The molecule has 3 N–H and O–H groups in total. The fourth-order valence-electron chi connectivity index (χ4n) is 1.98. The van der Waals surface area contributed by atoms with E-state index in [9.17, 15) is 5.11 Å². The summed E-state index contributed by atoms with van der Waals surface area (Å²) in [5.41, 5.74) is 5.58. The van der Waals surface area contributed by atoms with Crippen molar-refractivity contribution in [1.82, 2.24) is 0 Å². The lowest BCUT2D eigenvalue weighted by Crippen LogP contribution is -2.28. The summed E-state index contributed by atoms with van der Waals surface area (Å²) in [7, 11) is 0. The molecule has 1 aliphatic carbocycles. The summed E-state index contributed by atoms with van der Waals surface area (Å²) in [5, 5.41) is 9.35. The molecule has 0 bridgehead atoms. The van der Waals surface area contributed by atoms with Gasteiger partial charge in [0.15, 0.2) is 0 Å². The number of aliphatic hydroxyl groups excluding tert-OH is 1. The van der Waals surface area contributed by atoms with Crippen LogP contribution >= 0.6 is 0 Å². The zero-order valence-corrected chi connectivity index (χ0v) is 7.29. The lowest BCUT2D eigenvalue weighted by Gasteiger charge is -2.29. The quantitative estimate of drug-likeness (QED) is 0.631. The van der Waals surface area contributed by atoms with E-state index < -0.39 is 0 Å². The Balaban J connectivity index is 2.33. The normalized spacial score (nSPS) is 35.2. The van der Waals surface area contributed by atoms with E-state index in [4.69, 9.17) is 5.73 Å². The van der Waals surface area contributed by atoms with Gasteiger partial charge >= 0.3 is 0 Å². The number of rotatable bonds is 2. The smallest absolute Gasteiger partial charge is 0.0540 e. The Morgan fingerprint density at radius 2 is 2.27 bits per heavy atom. The van der Waals surface area contributed by atoms with Gasteiger partial charge < -0.3 is 10.8 Å². The molecule has 0 aromatic heterocycles. The highest BCUT2D eigenvalue weighted by atomic mass is 16.3. The zero-order valence-electron chi connectivity index (χ0n) is 7.29. The Bertz CT molecular complexity index is 114. The first kappa shape index (κ1) is 9.01. The van der Waals surface area contributed by atoms with Crippen molar-refractivity contribution in [2.75, 3.05) is 6.54 Å². The van der Waals surface area contributed by atoms with Gasteiger partial charge in [-0.05, 0) is 44.6 Å². The second kappa shape index (κ2) is 4.07. The minimum atomic E-state index is -0.135. The molecule has 0 aromatic rings. The standard InChI is InChI=1S/C9H19NO/c1-7(11)9-4-2-3-8(5-9)6-10/h7-9,11H,2-6,10H2,1H3. The largest absolute Gasteiger partial charge is 0.393 e. The highest BCUT2D eigenvalue weighted by Crippen LogP contribution is 2.30. The lowest BCUT2D eigenvalue weighted by molar-refractivity contribution is 0.0849. The first-order valence-electron chi connectivity index (χ1n) is 4.62. The third kappa shape index (κ3) is 2.46. The molecule has 0 aromatic carbocycles. The zero-order chi connectivity index (χ0) is 8.27. The summed E-state index contributed by atoms with van der Waals surface area (Å²) < 4.78 is 0. The Morgan fingerprint density at radius 1 is 1.55 bits per heavy atom. The number of nitrogens with two attached hydrogens (primary N) is 1. The molecule has 66 valence electrons. The second-order valence-corrected chi connectivity index (χ2v) is 3.77. The summed E-state index contributed by atoms with van der Waals surface area (Å²) in [6, 6.07) is 0. The Kier molecular flexibility index (Phi) is 3.34. The van der Waals surface area contributed by atoms with Crippen molar-refractivity contribution in [2.45, 2.75) is 38.7 Å². The van der Waals surface area contributed by atoms with E-state index in [1.807, 2.05) is 6.92 Å². The van der Waals surface area contributed by atoms with Gasteiger partial charge in [-0.25, -0.2) is 0 Å². The molecule has 1 saturated carbocycles. The van der Waals surface area contributed by atoms with Crippen LogP contribution in [0.25, 0.3) is 0 Å². The van der Waals surface area contributed by atoms with Crippen LogP contribution in [0.3, 0.4) is 0 Å². The van der Waals surface area contributed by atoms with Crippen LogP contribution in [0.15, 0.2) is 0 Å². The predicted octanol–water partition coefficient (Wildman–Crippen LogP) is 1.13. The molecule has 0 radical (unpaired) electrons. The van der Waals surface area contributed by atoms with E-state index in [1.165, 1.54) is 19.3 Å². The Hall–Kier alpha value is -0.0800. The van der Waals surface area contributed by atoms with Crippen molar-refractivity contribution < 1.29 is 5.11 Å². The van der Waals surface area contributed by atoms with Gasteiger partial charge in [0, 0.05) is 0 Å². The fourth-order valence-corrected chi connectivity index (χ4v) is 1.98. The van der Waals surface area contributed by atoms with Crippen molar-refractivity contribution >= 4 is 0 Å². The first-order valence-corrected chi connectivity index (χ1v) is 4.62. The average molecular weight is 157 g/mol. The molecule has 0 saturated heterocycles. The SMILES string of the molecule is CC(O)C1CCCC(CN)C1. The molecular weight excluding hydrogens is 138 g/mol. The van der Waals surface area contributed by atoms with Gasteiger partial charge in [-0.1, -0.05) is 6.42 Å². The first-order chi connectivity index (χ1) is 5.24. The van der Waals surface area contributed by atoms with E-state index in [2.05, 4.69) is 0 Å². The van der Waals surface area contributed by atoms with Gasteiger partial charge in [0.05, 0.1) is 6.10 Å². The molecule has 2 heteroatoms. The van der Waals surface area contributed by atoms with Crippen molar-refractivity contribution in [2.24, 2.45) is 17.6 Å². The molecule has 1 rings (SSSR count). The number of aliphatic hydroxyl groups is 1. The van der Waals surface area contributed by atoms with E-state index >= 15 is 0 Å². The van der Waals surface area contributed by atoms with Crippen LogP contribution in [0.1, 0.15) is 32.6 Å². The monoisotopic (exact) mass is 157 g/mol. The third-order valence-electron chi connectivity index (χ3n) is 2.84. The summed E-state index contributed by atoms with van der Waals surface area (Å²) in [6.07, 6.45) is 4.70. The van der Waals surface area contributed by atoms with E-state index in [1.54, 1.807) is 0 Å². The molecule has 1 fully saturated rings. The Morgan fingerprint density at radius 3 is 2.82 bits per heavy atom. The molecule has 11 heavy (non-hydrogen) atoms. The van der Waals surface area contributed by atoms with Crippen molar-refractivity contribution in [3.63, 3.8) is 0 Å². The molecule has 3 unspecified atom stereocenters. The molecule has 2 nitrogen and oxygen atoms in total. The third-order valence-corrected chi connectivity index (χ3v) is 2.84. The molecule has 3 atom stereocenters. The van der Waals surface area contributed by atoms with E-state index in [0.29, 0.717) is 11.8 Å². The van der Waals surface area contributed by atoms with Crippen molar-refractivity contribution in [3.05, 3.63) is 0 Å². The maximum absolute atomic E-state index is 9.35. The van der Waals surface area contributed by atoms with Crippen LogP contribution in [-0.2, 0) is 0 Å². The van der Waals surface area contributed by atoms with Crippen LogP contribution < -0.4 is 5.73 Å². The minimum Gasteiger partial charge on any atom is -0.393 e. The summed E-state index contributed by atoms with van der Waals surface area (Å²) >= 11 is 0. The van der Waals surface area contributed by atoms with Gasteiger partial charge in [0.1, 0.15) is 0 Å². The van der Waals surface area contributed by atoms with Gasteiger partial charge in [-0.2, -0.15) is 0 Å². The summed E-state index contributed by atoms with van der Waals surface area (Å²) in [5.74, 6) is 1.18. The van der Waals surface area contributed by atoms with Gasteiger partial charge in [0.25, 0.3) is 0 Å². The van der Waals surface area contributed by atoms with Crippen molar-refractivity contribution in [1.29, 1.82) is 0 Å². The summed E-state index contributed by atoms with van der Waals surface area (Å²) in [6.45, 7) is 2.69. The molecule has 0 spiro atoms. The van der Waals surface area contributed by atoms with Gasteiger partial charge in [-0.15, -0.1) is 0 Å². The van der Waals surface area contributed by atoms with Gasteiger partial charge in [0.2, 0.25) is 0 Å².